The SMILES string of the molecule is CC(O)COC(C)O. The predicted molar refractivity (Wildman–Crippen MR) is 29.3 cm³/mol. The van der Waals surface area contributed by atoms with Crippen LogP contribution in [0.1, 0.15) is 13.8 Å². The van der Waals surface area contributed by atoms with Crippen LogP contribution in [0.3, 0.4) is 0 Å². The molecule has 3 heteroatoms. The molecule has 0 bridgehead atoms. The zero-order chi connectivity index (χ0) is 6.57. The van der Waals surface area contributed by atoms with Gasteiger partial charge in [-0.3, -0.25) is 0 Å². The fourth-order valence-corrected chi connectivity index (χ4v) is 0.279. The Hall–Kier alpha value is -0.120. The standard InChI is InChI=1S/C5H12O3/c1-4(6)3-8-5(2)7/h4-7H,3H2,1-2H3. The highest BCUT2D eigenvalue weighted by Gasteiger charge is 1.97. The number of hydrogen-bond acceptors (Lipinski definition) is 3. The van der Waals surface area contributed by atoms with E-state index in [0.29, 0.717) is 0 Å². The molecule has 2 atom stereocenters. The molecule has 0 aliphatic rings. The molecule has 0 spiro atoms. The van der Waals surface area contributed by atoms with Gasteiger partial charge in [0.05, 0.1) is 12.7 Å². The second-order valence-electron chi connectivity index (χ2n) is 1.78. The number of aliphatic hydroxyl groups is 2. The van der Waals surface area contributed by atoms with Gasteiger partial charge in [0.15, 0.2) is 6.29 Å². The van der Waals surface area contributed by atoms with Gasteiger partial charge in [0.1, 0.15) is 0 Å². The Morgan fingerprint density at radius 1 is 1.38 bits per heavy atom. The molecule has 0 aromatic heterocycles. The summed E-state index contributed by atoms with van der Waals surface area (Å²) in [6.07, 6.45) is -1.27. The quantitative estimate of drug-likeness (QED) is 0.504. The van der Waals surface area contributed by atoms with Crippen LogP contribution in [0.5, 0.6) is 0 Å². The first-order valence-corrected chi connectivity index (χ1v) is 2.60. The monoisotopic (exact) mass is 120 g/mol. The molecule has 0 heterocycles. The Morgan fingerprint density at radius 2 is 1.88 bits per heavy atom. The van der Waals surface area contributed by atoms with Gasteiger partial charge in [-0.05, 0) is 13.8 Å². The molecule has 2 N–H and O–H groups in total. The van der Waals surface area contributed by atoms with Crippen molar-refractivity contribution in [3.8, 4) is 0 Å². The molecule has 0 saturated carbocycles. The molecule has 0 radical (unpaired) electrons. The Balaban J connectivity index is 2.93. The lowest BCUT2D eigenvalue weighted by Crippen LogP contribution is -2.16. The van der Waals surface area contributed by atoms with Crippen molar-refractivity contribution in [1.29, 1.82) is 0 Å². The van der Waals surface area contributed by atoms with Crippen molar-refractivity contribution < 1.29 is 14.9 Å². The number of ether oxygens (including phenoxy) is 1. The summed E-state index contributed by atoms with van der Waals surface area (Å²) in [5.41, 5.74) is 0. The first-order chi connectivity index (χ1) is 3.63. The van der Waals surface area contributed by atoms with E-state index in [2.05, 4.69) is 4.74 Å². The van der Waals surface area contributed by atoms with E-state index in [1.54, 1.807) is 6.92 Å². The average molecular weight is 120 g/mol. The molecule has 50 valence electrons. The summed E-state index contributed by atoms with van der Waals surface area (Å²) < 4.78 is 4.61. The summed E-state index contributed by atoms with van der Waals surface area (Å²) in [6.45, 7) is 3.29. The first kappa shape index (κ1) is 7.88. The van der Waals surface area contributed by atoms with E-state index in [1.807, 2.05) is 0 Å². The van der Waals surface area contributed by atoms with Crippen LogP contribution in [0.2, 0.25) is 0 Å². The Morgan fingerprint density at radius 3 is 2.00 bits per heavy atom. The highest BCUT2D eigenvalue weighted by molar-refractivity contribution is 4.40. The Labute approximate surface area is 48.9 Å². The summed E-state index contributed by atoms with van der Waals surface area (Å²) in [7, 11) is 0. The lowest BCUT2D eigenvalue weighted by Gasteiger charge is -2.07. The van der Waals surface area contributed by atoms with Gasteiger partial charge in [-0.2, -0.15) is 0 Å². The van der Waals surface area contributed by atoms with Crippen LogP contribution >= 0.6 is 0 Å². The van der Waals surface area contributed by atoms with E-state index in [1.165, 1.54) is 6.92 Å². The third-order valence-electron chi connectivity index (χ3n) is 0.579. The maximum absolute atomic E-state index is 8.57. The minimum Gasteiger partial charge on any atom is -0.391 e. The normalized spacial score (nSPS) is 18.0. The molecule has 3 nitrogen and oxygen atoms in total. The van der Waals surface area contributed by atoms with E-state index in [-0.39, 0.29) is 6.61 Å². The number of rotatable bonds is 3. The van der Waals surface area contributed by atoms with Crippen LogP contribution in [0.4, 0.5) is 0 Å². The van der Waals surface area contributed by atoms with Crippen molar-refractivity contribution in [3.63, 3.8) is 0 Å². The van der Waals surface area contributed by atoms with Crippen molar-refractivity contribution in [3.05, 3.63) is 0 Å². The molecule has 0 aromatic rings. The molecule has 0 aliphatic heterocycles. The molecule has 0 aromatic carbocycles. The molecule has 0 rings (SSSR count). The summed E-state index contributed by atoms with van der Waals surface area (Å²) in [6, 6.07) is 0. The third kappa shape index (κ3) is 5.88. The maximum atomic E-state index is 8.57. The highest BCUT2D eigenvalue weighted by atomic mass is 16.6. The van der Waals surface area contributed by atoms with Gasteiger partial charge in [0.2, 0.25) is 0 Å². The van der Waals surface area contributed by atoms with E-state index in [4.69, 9.17) is 10.2 Å². The molecule has 0 amide bonds. The van der Waals surface area contributed by atoms with E-state index < -0.39 is 12.4 Å². The molecule has 0 aliphatic carbocycles. The van der Waals surface area contributed by atoms with Crippen molar-refractivity contribution >= 4 is 0 Å². The summed E-state index contributed by atoms with van der Waals surface area (Å²) in [5.74, 6) is 0. The van der Waals surface area contributed by atoms with E-state index >= 15 is 0 Å². The van der Waals surface area contributed by atoms with Crippen LogP contribution in [0, 0.1) is 0 Å². The summed E-state index contributed by atoms with van der Waals surface area (Å²) in [4.78, 5) is 0. The average Bonchev–Trinajstić information content (AvgIpc) is 1.61. The fourth-order valence-electron chi connectivity index (χ4n) is 0.279. The predicted octanol–water partition coefficient (Wildman–Crippen LogP) is -0.278. The third-order valence-corrected chi connectivity index (χ3v) is 0.579. The maximum Gasteiger partial charge on any atom is 0.151 e. The van der Waals surface area contributed by atoms with Gasteiger partial charge < -0.3 is 14.9 Å². The lowest BCUT2D eigenvalue weighted by molar-refractivity contribution is -0.106. The molecular weight excluding hydrogens is 108 g/mol. The summed E-state index contributed by atoms with van der Waals surface area (Å²) >= 11 is 0. The molecule has 0 fully saturated rings. The minimum absolute atomic E-state index is 0.192. The van der Waals surface area contributed by atoms with Crippen LogP contribution < -0.4 is 0 Å². The van der Waals surface area contributed by atoms with Crippen LogP contribution in [0.25, 0.3) is 0 Å². The smallest absolute Gasteiger partial charge is 0.151 e. The van der Waals surface area contributed by atoms with Gasteiger partial charge in [-0.1, -0.05) is 0 Å². The van der Waals surface area contributed by atoms with E-state index in [0.717, 1.165) is 0 Å². The Kier molecular flexibility index (Phi) is 3.77. The van der Waals surface area contributed by atoms with Crippen molar-refractivity contribution in [1.82, 2.24) is 0 Å². The summed E-state index contributed by atoms with van der Waals surface area (Å²) in [5, 5.41) is 17.0. The number of aliphatic hydroxyl groups excluding tert-OH is 2. The number of hydrogen-bond donors (Lipinski definition) is 2. The van der Waals surface area contributed by atoms with Gasteiger partial charge in [0, 0.05) is 0 Å². The zero-order valence-electron chi connectivity index (χ0n) is 5.16. The minimum atomic E-state index is -0.774. The van der Waals surface area contributed by atoms with Crippen LogP contribution in [0.15, 0.2) is 0 Å². The van der Waals surface area contributed by atoms with Gasteiger partial charge in [0.25, 0.3) is 0 Å². The highest BCUT2D eigenvalue weighted by Crippen LogP contribution is 1.86. The Bertz CT molecular complexity index is 43.6. The molecular formula is C5H12O3. The molecule has 2 unspecified atom stereocenters. The van der Waals surface area contributed by atoms with Gasteiger partial charge in [-0.25, -0.2) is 0 Å². The zero-order valence-corrected chi connectivity index (χ0v) is 5.16. The van der Waals surface area contributed by atoms with Gasteiger partial charge in [-0.15, -0.1) is 0 Å². The topological polar surface area (TPSA) is 49.7 Å². The van der Waals surface area contributed by atoms with Crippen molar-refractivity contribution in [2.24, 2.45) is 0 Å². The van der Waals surface area contributed by atoms with Crippen LogP contribution in [-0.4, -0.2) is 29.2 Å². The van der Waals surface area contributed by atoms with Crippen molar-refractivity contribution in [2.45, 2.75) is 26.2 Å². The van der Waals surface area contributed by atoms with Crippen molar-refractivity contribution in [2.75, 3.05) is 6.61 Å². The second-order valence-corrected chi connectivity index (χ2v) is 1.78. The largest absolute Gasteiger partial charge is 0.391 e. The van der Waals surface area contributed by atoms with Crippen LogP contribution in [-0.2, 0) is 4.74 Å². The second kappa shape index (κ2) is 3.83. The fraction of sp³-hybridized carbons (Fsp3) is 1.00. The lowest BCUT2D eigenvalue weighted by atomic mass is 10.4. The van der Waals surface area contributed by atoms with Gasteiger partial charge >= 0.3 is 0 Å². The van der Waals surface area contributed by atoms with E-state index in [9.17, 15) is 0 Å². The molecule has 8 heavy (non-hydrogen) atoms. The molecule has 0 saturated heterocycles. The first-order valence-electron chi connectivity index (χ1n) is 2.60.